The van der Waals surface area contributed by atoms with E-state index in [2.05, 4.69) is 0 Å². The second-order valence-corrected chi connectivity index (χ2v) is 7.61. The summed E-state index contributed by atoms with van der Waals surface area (Å²) in [6.45, 7) is 1.28. The lowest BCUT2D eigenvalue weighted by atomic mass is 10.2. The van der Waals surface area contributed by atoms with Crippen molar-refractivity contribution >= 4 is 63.5 Å². The van der Waals surface area contributed by atoms with Crippen LogP contribution in [0.4, 0.5) is 0 Å². The predicted octanol–water partition coefficient (Wildman–Crippen LogP) is 4.37. The number of hydrogen-bond acceptors (Lipinski definition) is 4. The first-order chi connectivity index (χ1) is 10.5. The normalized spacial score (nSPS) is 23.8. The quantitative estimate of drug-likeness (QED) is 0.580. The van der Waals surface area contributed by atoms with Crippen LogP contribution >= 0.6 is 47.2 Å². The van der Waals surface area contributed by atoms with Gasteiger partial charge in [0.25, 0.3) is 5.91 Å². The van der Waals surface area contributed by atoms with Gasteiger partial charge < -0.3 is 4.74 Å². The van der Waals surface area contributed by atoms with Crippen LogP contribution in [-0.2, 0) is 9.53 Å². The summed E-state index contributed by atoms with van der Waals surface area (Å²) in [5.74, 6) is -0.0866. The highest BCUT2D eigenvalue weighted by Gasteiger charge is 2.34. The molecule has 0 spiro atoms. The molecule has 2 aliphatic rings. The minimum atomic E-state index is -0.0866. The van der Waals surface area contributed by atoms with Crippen LogP contribution in [0.1, 0.15) is 18.4 Å². The van der Waals surface area contributed by atoms with Gasteiger partial charge in [-0.15, -0.1) is 0 Å². The molecule has 2 fully saturated rings. The Morgan fingerprint density at radius 2 is 2.27 bits per heavy atom. The molecule has 7 heteroatoms. The molecule has 0 bridgehead atoms. The molecule has 2 heterocycles. The molecule has 3 nitrogen and oxygen atoms in total. The summed E-state index contributed by atoms with van der Waals surface area (Å²) in [7, 11) is 0. The highest BCUT2D eigenvalue weighted by atomic mass is 35.5. The van der Waals surface area contributed by atoms with Crippen LogP contribution in [0, 0.1) is 0 Å². The third-order valence-corrected chi connectivity index (χ3v) is 5.47. The van der Waals surface area contributed by atoms with E-state index >= 15 is 0 Å². The van der Waals surface area contributed by atoms with Crippen molar-refractivity contribution in [3.05, 3.63) is 38.7 Å². The Bertz CT molecular complexity index is 657. The molecule has 1 aromatic rings. The lowest BCUT2D eigenvalue weighted by Gasteiger charge is -2.18. The smallest absolute Gasteiger partial charge is 0.266 e. The van der Waals surface area contributed by atoms with E-state index < -0.39 is 0 Å². The van der Waals surface area contributed by atoms with E-state index in [1.807, 2.05) is 0 Å². The number of rotatable bonds is 3. The van der Waals surface area contributed by atoms with Crippen LogP contribution in [0.15, 0.2) is 23.1 Å². The van der Waals surface area contributed by atoms with Crippen molar-refractivity contribution in [1.29, 1.82) is 0 Å². The highest BCUT2D eigenvalue weighted by molar-refractivity contribution is 8.26. The van der Waals surface area contributed by atoms with Crippen LogP contribution in [0.25, 0.3) is 6.08 Å². The first-order valence-corrected chi connectivity index (χ1v) is 8.84. The number of thioether (sulfide) groups is 1. The number of ether oxygens (including phenoxy) is 1. The fourth-order valence-corrected chi connectivity index (χ4v) is 4.14. The summed E-state index contributed by atoms with van der Waals surface area (Å²) in [6.07, 6.45) is 3.85. The van der Waals surface area contributed by atoms with Crippen molar-refractivity contribution in [1.82, 2.24) is 4.90 Å². The van der Waals surface area contributed by atoms with Crippen molar-refractivity contribution in [2.75, 3.05) is 13.2 Å². The first kappa shape index (κ1) is 16.3. The highest BCUT2D eigenvalue weighted by Crippen LogP contribution is 2.35. The van der Waals surface area contributed by atoms with Gasteiger partial charge in [0.15, 0.2) is 0 Å². The molecule has 3 rings (SSSR count). The lowest BCUT2D eigenvalue weighted by Crippen LogP contribution is -2.35. The largest absolute Gasteiger partial charge is 0.376 e. The maximum atomic E-state index is 12.5. The van der Waals surface area contributed by atoms with E-state index in [1.54, 1.807) is 29.2 Å². The van der Waals surface area contributed by atoms with Gasteiger partial charge in [0.1, 0.15) is 4.32 Å². The second kappa shape index (κ2) is 6.89. The number of carbonyl (C=O) groups excluding carboxylic acids is 1. The van der Waals surface area contributed by atoms with Gasteiger partial charge in [-0.25, -0.2) is 0 Å². The van der Waals surface area contributed by atoms with Gasteiger partial charge in [0.05, 0.1) is 17.6 Å². The summed E-state index contributed by atoms with van der Waals surface area (Å²) in [5, 5.41) is 1.07. The molecule has 1 aromatic carbocycles. The molecule has 2 saturated heterocycles. The molecule has 0 radical (unpaired) electrons. The number of amides is 1. The van der Waals surface area contributed by atoms with Gasteiger partial charge in [-0.3, -0.25) is 9.69 Å². The van der Waals surface area contributed by atoms with Crippen molar-refractivity contribution in [3.8, 4) is 0 Å². The van der Waals surface area contributed by atoms with Gasteiger partial charge in [-0.1, -0.05) is 53.2 Å². The topological polar surface area (TPSA) is 29.5 Å². The van der Waals surface area contributed by atoms with Gasteiger partial charge in [0.2, 0.25) is 0 Å². The predicted molar refractivity (Wildman–Crippen MR) is 95.3 cm³/mol. The van der Waals surface area contributed by atoms with Crippen molar-refractivity contribution in [3.63, 3.8) is 0 Å². The fraction of sp³-hybridized carbons (Fsp3) is 0.333. The third kappa shape index (κ3) is 3.49. The first-order valence-electron chi connectivity index (χ1n) is 6.86. The van der Waals surface area contributed by atoms with Gasteiger partial charge in [0, 0.05) is 16.7 Å². The molecule has 1 unspecified atom stereocenters. The Morgan fingerprint density at radius 3 is 2.95 bits per heavy atom. The monoisotopic (exact) mass is 373 g/mol. The van der Waals surface area contributed by atoms with Crippen molar-refractivity contribution in [2.45, 2.75) is 18.9 Å². The number of thiocarbonyl (C=S) groups is 1. The molecule has 116 valence electrons. The van der Waals surface area contributed by atoms with Crippen molar-refractivity contribution in [2.24, 2.45) is 0 Å². The zero-order valence-electron chi connectivity index (χ0n) is 11.6. The Balaban J connectivity index is 1.79. The standard InChI is InChI=1S/C15H13Cl2NO2S2/c16-10-4-3-9(12(17)7-10)6-13-14(19)18(15(21)22-13)8-11-2-1-5-20-11/h3-4,6-7,11H,1-2,5,8H2/b13-6+. The molecule has 0 saturated carbocycles. The minimum absolute atomic E-state index is 0.0842. The van der Waals surface area contributed by atoms with E-state index in [9.17, 15) is 4.79 Å². The zero-order valence-corrected chi connectivity index (χ0v) is 14.7. The number of carbonyl (C=O) groups is 1. The van der Waals surface area contributed by atoms with Crippen molar-refractivity contribution < 1.29 is 9.53 Å². The number of halogens is 2. The summed E-state index contributed by atoms with van der Waals surface area (Å²) in [5.41, 5.74) is 0.753. The second-order valence-electron chi connectivity index (χ2n) is 5.09. The summed E-state index contributed by atoms with van der Waals surface area (Å²) >= 11 is 18.6. The third-order valence-electron chi connectivity index (χ3n) is 3.53. The Hall–Kier alpha value is -0.590. The minimum Gasteiger partial charge on any atom is -0.376 e. The number of hydrogen-bond donors (Lipinski definition) is 0. The fourth-order valence-electron chi connectivity index (χ4n) is 2.41. The zero-order chi connectivity index (χ0) is 15.7. The average molecular weight is 374 g/mol. The molecular formula is C15H13Cl2NO2S2. The van der Waals surface area contributed by atoms with Gasteiger partial charge in [-0.05, 0) is 36.6 Å². The van der Waals surface area contributed by atoms with Crippen LogP contribution in [-0.4, -0.2) is 34.4 Å². The van der Waals surface area contributed by atoms with Crippen LogP contribution in [0.3, 0.4) is 0 Å². The Labute approximate surface area is 148 Å². The maximum Gasteiger partial charge on any atom is 0.266 e. The van der Waals surface area contributed by atoms with E-state index in [1.165, 1.54) is 11.8 Å². The van der Waals surface area contributed by atoms with Gasteiger partial charge in [-0.2, -0.15) is 0 Å². The van der Waals surface area contributed by atoms with E-state index in [4.69, 9.17) is 40.2 Å². The average Bonchev–Trinajstić information content (AvgIpc) is 3.06. The van der Waals surface area contributed by atoms with E-state index in [0.717, 1.165) is 25.0 Å². The summed E-state index contributed by atoms with van der Waals surface area (Å²) in [4.78, 5) is 14.7. The van der Waals surface area contributed by atoms with Crippen LogP contribution in [0.5, 0.6) is 0 Å². The summed E-state index contributed by atoms with van der Waals surface area (Å²) in [6, 6.07) is 5.19. The van der Waals surface area contributed by atoms with Crippen LogP contribution in [0.2, 0.25) is 10.0 Å². The Kier molecular flexibility index (Phi) is 5.10. The van der Waals surface area contributed by atoms with E-state index in [0.29, 0.717) is 25.8 Å². The molecule has 1 atom stereocenters. The molecule has 0 aliphatic carbocycles. The molecule has 1 amide bonds. The molecular weight excluding hydrogens is 361 g/mol. The van der Waals surface area contributed by atoms with Gasteiger partial charge >= 0.3 is 0 Å². The van der Waals surface area contributed by atoms with E-state index in [-0.39, 0.29) is 12.0 Å². The maximum absolute atomic E-state index is 12.5. The SMILES string of the molecule is O=C1/C(=C\c2ccc(Cl)cc2Cl)SC(=S)N1CC1CCCO1. The number of nitrogens with zero attached hydrogens (tertiary/aromatic N) is 1. The summed E-state index contributed by atoms with van der Waals surface area (Å²) < 4.78 is 6.15. The number of benzene rings is 1. The molecule has 0 aromatic heterocycles. The molecule has 2 aliphatic heterocycles. The molecule has 0 N–H and O–H groups in total. The Morgan fingerprint density at radius 1 is 1.45 bits per heavy atom. The lowest BCUT2D eigenvalue weighted by molar-refractivity contribution is -0.123. The molecule has 22 heavy (non-hydrogen) atoms. The van der Waals surface area contributed by atoms with Crippen LogP contribution < -0.4 is 0 Å².